The molecule has 2 amide bonds. The van der Waals surface area contributed by atoms with E-state index in [1.165, 1.54) is 10.9 Å². The number of nitrogens with zero attached hydrogens (tertiary/aromatic N) is 4. The molecule has 2 bridgehead atoms. The highest BCUT2D eigenvalue weighted by Gasteiger charge is 2.46. The second-order valence-corrected chi connectivity index (χ2v) is 4.69. The number of fused-ring (bicyclic) bond motifs is 2. The quantitative estimate of drug-likeness (QED) is 0.695. The average molecular weight is 280 g/mol. The number of carbonyl (C=O) groups excluding carboxylic acids is 2. The van der Waals surface area contributed by atoms with Gasteiger partial charge in [-0.05, 0) is 12.8 Å². The van der Waals surface area contributed by atoms with Crippen LogP contribution in [-0.4, -0.2) is 61.5 Å². The number of carboxylic acids is 1. The molecule has 3 rings (SSSR count). The number of morpholine rings is 1. The van der Waals surface area contributed by atoms with Gasteiger partial charge in [-0.25, -0.2) is 9.48 Å². The third kappa shape index (κ3) is 2.05. The van der Waals surface area contributed by atoms with Crippen molar-refractivity contribution in [1.29, 1.82) is 0 Å². The van der Waals surface area contributed by atoms with E-state index in [0.29, 0.717) is 12.8 Å². The number of aromatic nitrogens is 3. The van der Waals surface area contributed by atoms with Gasteiger partial charge in [-0.1, -0.05) is 5.21 Å². The molecule has 2 aliphatic heterocycles. The number of ether oxygens (including phenoxy) is 1. The lowest BCUT2D eigenvalue weighted by Crippen LogP contribution is -2.52. The molecule has 9 nitrogen and oxygen atoms in total. The van der Waals surface area contributed by atoms with Crippen LogP contribution in [0.25, 0.3) is 0 Å². The zero-order chi connectivity index (χ0) is 14.3. The van der Waals surface area contributed by atoms with E-state index in [9.17, 15) is 14.4 Å². The molecule has 2 aliphatic rings. The van der Waals surface area contributed by atoms with Gasteiger partial charge in [0.2, 0.25) is 0 Å². The monoisotopic (exact) mass is 280 g/mol. The van der Waals surface area contributed by atoms with Gasteiger partial charge >= 0.3 is 5.97 Å². The molecular weight excluding hydrogens is 268 g/mol. The van der Waals surface area contributed by atoms with Gasteiger partial charge in [0, 0.05) is 6.54 Å². The van der Waals surface area contributed by atoms with E-state index in [1.807, 2.05) is 0 Å². The predicted molar refractivity (Wildman–Crippen MR) is 61.6 cm³/mol. The lowest BCUT2D eigenvalue weighted by Gasteiger charge is -2.29. The van der Waals surface area contributed by atoms with Crippen molar-refractivity contribution < 1.29 is 24.2 Å². The second kappa shape index (κ2) is 4.67. The summed E-state index contributed by atoms with van der Waals surface area (Å²) in [5.41, 5.74) is -0.176. The molecule has 0 saturated carbocycles. The zero-order valence-electron chi connectivity index (χ0n) is 10.4. The number of carbonyl (C=O) groups is 3. The standard InChI is InChI=1S/C11H12N4O5/c16-9-7-1-2-8(20-7)10(17)15(9)4-3-14-5-6(11(18)19)12-13-14/h5,7-8H,1-4H2,(H,18,19). The van der Waals surface area contributed by atoms with Crippen molar-refractivity contribution in [2.24, 2.45) is 0 Å². The zero-order valence-corrected chi connectivity index (χ0v) is 10.4. The van der Waals surface area contributed by atoms with Crippen molar-refractivity contribution in [2.45, 2.75) is 31.6 Å². The number of imide groups is 1. The SMILES string of the molecule is O=C(O)c1cn(CCN2C(=O)C3CCC(O3)C2=O)nn1. The Labute approximate surface area is 113 Å². The molecule has 0 aromatic carbocycles. The molecule has 2 unspecified atom stereocenters. The average Bonchev–Trinajstić information content (AvgIpc) is 3.05. The van der Waals surface area contributed by atoms with Gasteiger partial charge in [0.1, 0.15) is 12.2 Å². The van der Waals surface area contributed by atoms with Crippen molar-refractivity contribution in [1.82, 2.24) is 19.9 Å². The lowest BCUT2D eigenvalue weighted by atomic mass is 10.2. The van der Waals surface area contributed by atoms with Crippen LogP contribution in [0.5, 0.6) is 0 Å². The molecule has 2 saturated heterocycles. The summed E-state index contributed by atoms with van der Waals surface area (Å²) in [5, 5.41) is 15.8. The highest BCUT2D eigenvalue weighted by atomic mass is 16.5. The molecule has 0 spiro atoms. The van der Waals surface area contributed by atoms with Crippen molar-refractivity contribution in [3.63, 3.8) is 0 Å². The van der Waals surface area contributed by atoms with Crippen molar-refractivity contribution in [2.75, 3.05) is 6.54 Å². The van der Waals surface area contributed by atoms with Crippen LogP contribution in [0.4, 0.5) is 0 Å². The summed E-state index contributed by atoms with van der Waals surface area (Å²) in [6.45, 7) is 0.341. The molecule has 0 radical (unpaired) electrons. The first kappa shape index (κ1) is 12.7. The molecular formula is C11H12N4O5. The first-order valence-corrected chi connectivity index (χ1v) is 6.20. The van der Waals surface area contributed by atoms with E-state index < -0.39 is 18.2 Å². The fourth-order valence-corrected chi connectivity index (χ4v) is 2.39. The van der Waals surface area contributed by atoms with Crippen LogP contribution in [0.3, 0.4) is 0 Å². The number of hydrogen-bond donors (Lipinski definition) is 1. The topological polar surface area (TPSA) is 115 Å². The van der Waals surface area contributed by atoms with E-state index in [4.69, 9.17) is 9.84 Å². The Morgan fingerprint density at radius 3 is 2.50 bits per heavy atom. The van der Waals surface area contributed by atoms with E-state index in [0.717, 1.165) is 4.90 Å². The number of likely N-dealkylation sites (tertiary alicyclic amines) is 1. The molecule has 20 heavy (non-hydrogen) atoms. The molecule has 2 atom stereocenters. The summed E-state index contributed by atoms with van der Waals surface area (Å²) in [6.07, 6.45) is 1.34. The summed E-state index contributed by atoms with van der Waals surface area (Å²) in [7, 11) is 0. The molecule has 1 aromatic heterocycles. The van der Waals surface area contributed by atoms with Gasteiger partial charge in [0.05, 0.1) is 12.7 Å². The minimum Gasteiger partial charge on any atom is -0.476 e. The van der Waals surface area contributed by atoms with Crippen LogP contribution >= 0.6 is 0 Å². The Kier molecular flexibility index (Phi) is 2.97. The largest absolute Gasteiger partial charge is 0.476 e. The third-order valence-corrected chi connectivity index (χ3v) is 3.41. The van der Waals surface area contributed by atoms with Gasteiger partial charge in [-0.2, -0.15) is 0 Å². The van der Waals surface area contributed by atoms with E-state index in [2.05, 4.69) is 10.3 Å². The van der Waals surface area contributed by atoms with Crippen molar-refractivity contribution in [3.8, 4) is 0 Å². The van der Waals surface area contributed by atoms with E-state index in [-0.39, 0.29) is 30.6 Å². The summed E-state index contributed by atoms with van der Waals surface area (Å²) in [4.78, 5) is 35.8. The van der Waals surface area contributed by atoms with Crippen molar-refractivity contribution >= 4 is 17.8 Å². The maximum atomic E-state index is 12.0. The number of amides is 2. The fraction of sp³-hybridized carbons (Fsp3) is 0.545. The maximum Gasteiger partial charge on any atom is 0.358 e. The first-order valence-electron chi connectivity index (χ1n) is 6.20. The smallest absolute Gasteiger partial charge is 0.358 e. The summed E-state index contributed by atoms with van der Waals surface area (Å²) in [6, 6.07) is 0. The number of hydrogen-bond acceptors (Lipinski definition) is 6. The molecule has 106 valence electrons. The highest BCUT2D eigenvalue weighted by Crippen LogP contribution is 2.28. The first-order chi connectivity index (χ1) is 9.56. The number of rotatable bonds is 4. The molecule has 1 N–H and O–H groups in total. The number of carboxylic acid groups (broad SMARTS) is 1. The summed E-state index contributed by atoms with van der Waals surface area (Å²) in [5.74, 6) is -1.84. The van der Waals surface area contributed by atoms with Crippen LogP contribution in [0, 0.1) is 0 Å². The van der Waals surface area contributed by atoms with E-state index in [1.54, 1.807) is 0 Å². The Hall–Kier alpha value is -2.29. The molecule has 3 heterocycles. The van der Waals surface area contributed by atoms with Crippen molar-refractivity contribution in [3.05, 3.63) is 11.9 Å². The predicted octanol–water partition coefficient (Wildman–Crippen LogP) is -1.11. The summed E-state index contributed by atoms with van der Waals surface area (Å²) < 4.78 is 6.58. The van der Waals surface area contributed by atoms with Crippen LogP contribution in [0.2, 0.25) is 0 Å². The van der Waals surface area contributed by atoms with Gasteiger partial charge in [-0.15, -0.1) is 5.10 Å². The van der Waals surface area contributed by atoms with Gasteiger partial charge in [0.15, 0.2) is 5.69 Å². The third-order valence-electron chi connectivity index (χ3n) is 3.41. The van der Waals surface area contributed by atoms with Gasteiger partial charge < -0.3 is 9.84 Å². The highest BCUT2D eigenvalue weighted by molar-refractivity contribution is 6.02. The van der Waals surface area contributed by atoms with Crippen LogP contribution in [0.15, 0.2) is 6.20 Å². The molecule has 0 aliphatic carbocycles. The minimum absolute atomic E-state index is 0.135. The Bertz CT molecular complexity index is 561. The molecule has 2 fully saturated rings. The maximum absolute atomic E-state index is 12.0. The fourth-order valence-electron chi connectivity index (χ4n) is 2.39. The Morgan fingerprint density at radius 2 is 1.95 bits per heavy atom. The molecule has 9 heteroatoms. The van der Waals surface area contributed by atoms with E-state index >= 15 is 0 Å². The van der Waals surface area contributed by atoms with Crippen LogP contribution in [0.1, 0.15) is 23.3 Å². The Balaban J connectivity index is 1.66. The number of aromatic carboxylic acids is 1. The van der Waals surface area contributed by atoms with Gasteiger partial charge in [-0.3, -0.25) is 14.5 Å². The Morgan fingerprint density at radius 1 is 1.30 bits per heavy atom. The van der Waals surface area contributed by atoms with Crippen LogP contribution in [-0.2, 0) is 20.9 Å². The lowest BCUT2D eigenvalue weighted by molar-refractivity contribution is -0.168. The molecule has 1 aromatic rings. The second-order valence-electron chi connectivity index (χ2n) is 4.69. The summed E-state index contributed by atoms with van der Waals surface area (Å²) >= 11 is 0. The minimum atomic E-state index is -1.17. The van der Waals surface area contributed by atoms with Gasteiger partial charge in [0.25, 0.3) is 11.8 Å². The normalized spacial score (nSPS) is 25.3. The van der Waals surface area contributed by atoms with Crippen LogP contribution < -0.4 is 0 Å².